The van der Waals surface area contributed by atoms with E-state index in [4.69, 9.17) is 5.73 Å². The summed E-state index contributed by atoms with van der Waals surface area (Å²) in [5.74, 6) is 0. The molecule has 0 aromatic heterocycles. The van der Waals surface area contributed by atoms with Crippen LogP contribution >= 0.6 is 0 Å². The molecule has 0 saturated carbocycles. The van der Waals surface area contributed by atoms with Crippen LogP contribution in [0.3, 0.4) is 0 Å². The molecule has 1 aromatic rings. The quantitative estimate of drug-likeness (QED) is 0.824. The van der Waals surface area contributed by atoms with E-state index in [2.05, 4.69) is 0 Å². The van der Waals surface area contributed by atoms with Crippen LogP contribution in [0.25, 0.3) is 0 Å². The molecule has 0 aliphatic rings. The van der Waals surface area contributed by atoms with E-state index in [0.717, 1.165) is 12.0 Å². The van der Waals surface area contributed by atoms with Gasteiger partial charge in [0.05, 0.1) is 4.90 Å². The summed E-state index contributed by atoms with van der Waals surface area (Å²) >= 11 is 0. The zero-order valence-corrected chi connectivity index (χ0v) is 9.21. The molecule has 14 heavy (non-hydrogen) atoms. The molecule has 0 radical (unpaired) electrons. The SMILES string of the molecule is CCc1ccc(S(=O)(=O)C(C)N)cc1. The van der Waals surface area contributed by atoms with Crippen LogP contribution in [0, 0.1) is 0 Å². The van der Waals surface area contributed by atoms with Crippen LogP contribution in [-0.2, 0) is 16.3 Å². The summed E-state index contributed by atoms with van der Waals surface area (Å²) < 4.78 is 23.2. The van der Waals surface area contributed by atoms with Crippen molar-refractivity contribution in [2.75, 3.05) is 0 Å². The number of rotatable bonds is 3. The molecule has 0 saturated heterocycles. The van der Waals surface area contributed by atoms with Gasteiger partial charge < -0.3 is 5.73 Å². The minimum absolute atomic E-state index is 0.296. The fourth-order valence-electron chi connectivity index (χ4n) is 1.13. The van der Waals surface area contributed by atoms with Gasteiger partial charge in [-0.1, -0.05) is 19.1 Å². The molecule has 0 bridgehead atoms. The number of sulfone groups is 1. The molecule has 0 fully saturated rings. The number of aryl methyl sites for hydroxylation is 1. The molecular weight excluding hydrogens is 198 g/mol. The Balaban J connectivity index is 3.10. The second-order valence-electron chi connectivity index (χ2n) is 3.25. The van der Waals surface area contributed by atoms with Gasteiger partial charge in [0, 0.05) is 0 Å². The average molecular weight is 213 g/mol. The molecule has 78 valence electrons. The Morgan fingerprint density at radius 2 is 1.79 bits per heavy atom. The second kappa shape index (κ2) is 4.11. The Bertz CT molecular complexity index is 393. The van der Waals surface area contributed by atoms with Crippen molar-refractivity contribution >= 4 is 9.84 Å². The number of hydrogen-bond acceptors (Lipinski definition) is 3. The van der Waals surface area contributed by atoms with Gasteiger partial charge in [-0.05, 0) is 31.0 Å². The molecule has 1 aromatic carbocycles. The average Bonchev–Trinajstić information content (AvgIpc) is 2.17. The van der Waals surface area contributed by atoms with Gasteiger partial charge in [0.1, 0.15) is 5.37 Å². The van der Waals surface area contributed by atoms with E-state index in [1.54, 1.807) is 12.1 Å². The van der Waals surface area contributed by atoms with E-state index >= 15 is 0 Å². The highest BCUT2D eigenvalue weighted by atomic mass is 32.2. The highest BCUT2D eigenvalue weighted by Crippen LogP contribution is 2.14. The first-order valence-electron chi connectivity index (χ1n) is 4.57. The lowest BCUT2D eigenvalue weighted by molar-refractivity contribution is 0.585. The standard InChI is InChI=1S/C10H15NO2S/c1-3-9-4-6-10(7-5-9)14(12,13)8(2)11/h4-8H,3,11H2,1-2H3. The summed E-state index contributed by atoms with van der Waals surface area (Å²) in [6.45, 7) is 3.50. The fraction of sp³-hybridized carbons (Fsp3) is 0.400. The summed E-state index contributed by atoms with van der Waals surface area (Å²) in [4.78, 5) is 0.296. The van der Waals surface area contributed by atoms with Crippen molar-refractivity contribution in [1.82, 2.24) is 0 Å². The Morgan fingerprint density at radius 1 is 1.29 bits per heavy atom. The summed E-state index contributed by atoms with van der Waals surface area (Å²) in [5, 5.41) is -0.852. The van der Waals surface area contributed by atoms with E-state index in [1.807, 2.05) is 19.1 Å². The van der Waals surface area contributed by atoms with Gasteiger partial charge in [-0.15, -0.1) is 0 Å². The van der Waals surface area contributed by atoms with E-state index in [0.29, 0.717) is 4.90 Å². The molecular formula is C10H15NO2S. The molecule has 4 heteroatoms. The zero-order chi connectivity index (χ0) is 10.8. The van der Waals surface area contributed by atoms with Crippen molar-refractivity contribution in [3.05, 3.63) is 29.8 Å². The van der Waals surface area contributed by atoms with Crippen molar-refractivity contribution in [3.63, 3.8) is 0 Å². The lowest BCUT2D eigenvalue weighted by Crippen LogP contribution is -2.26. The Morgan fingerprint density at radius 3 is 2.14 bits per heavy atom. The first kappa shape index (κ1) is 11.2. The molecule has 3 nitrogen and oxygen atoms in total. The third kappa shape index (κ3) is 2.13. The topological polar surface area (TPSA) is 60.2 Å². The molecule has 1 atom stereocenters. The fourth-order valence-corrected chi connectivity index (χ4v) is 2.07. The number of nitrogens with two attached hydrogens (primary N) is 1. The molecule has 0 aliphatic carbocycles. The number of benzene rings is 1. The van der Waals surface area contributed by atoms with Crippen molar-refractivity contribution in [2.24, 2.45) is 5.73 Å². The molecule has 2 N–H and O–H groups in total. The smallest absolute Gasteiger partial charge is 0.193 e. The van der Waals surface area contributed by atoms with Gasteiger partial charge in [0.15, 0.2) is 9.84 Å². The van der Waals surface area contributed by atoms with Crippen LogP contribution in [0.2, 0.25) is 0 Å². The predicted molar refractivity (Wildman–Crippen MR) is 56.7 cm³/mol. The van der Waals surface area contributed by atoms with E-state index in [1.165, 1.54) is 6.92 Å². The van der Waals surface area contributed by atoms with Gasteiger partial charge in [0.2, 0.25) is 0 Å². The van der Waals surface area contributed by atoms with Gasteiger partial charge in [-0.2, -0.15) is 0 Å². The summed E-state index contributed by atoms with van der Waals surface area (Å²) in [6.07, 6.45) is 0.901. The maximum absolute atomic E-state index is 11.6. The highest BCUT2D eigenvalue weighted by Gasteiger charge is 2.18. The summed E-state index contributed by atoms with van der Waals surface area (Å²) in [5.41, 5.74) is 6.50. The molecule has 0 aliphatic heterocycles. The van der Waals surface area contributed by atoms with Crippen LogP contribution < -0.4 is 5.73 Å². The lowest BCUT2D eigenvalue weighted by atomic mass is 10.2. The minimum atomic E-state index is -3.32. The van der Waals surface area contributed by atoms with Crippen molar-refractivity contribution in [2.45, 2.75) is 30.5 Å². The van der Waals surface area contributed by atoms with Crippen molar-refractivity contribution in [3.8, 4) is 0 Å². The first-order valence-corrected chi connectivity index (χ1v) is 6.11. The largest absolute Gasteiger partial charge is 0.315 e. The van der Waals surface area contributed by atoms with Crippen LogP contribution in [0.1, 0.15) is 19.4 Å². The normalized spacial score (nSPS) is 13.9. The summed E-state index contributed by atoms with van der Waals surface area (Å²) in [6, 6.07) is 6.85. The Kier molecular flexibility index (Phi) is 3.29. The van der Waals surface area contributed by atoms with Gasteiger partial charge >= 0.3 is 0 Å². The van der Waals surface area contributed by atoms with Crippen LogP contribution in [0.4, 0.5) is 0 Å². The van der Waals surface area contributed by atoms with Gasteiger partial charge in [0.25, 0.3) is 0 Å². The van der Waals surface area contributed by atoms with Crippen molar-refractivity contribution < 1.29 is 8.42 Å². The highest BCUT2D eigenvalue weighted by molar-refractivity contribution is 7.92. The third-order valence-electron chi connectivity index (χ3n) is 2.15. The Labute approximate surface area is 84.9 Å². The van der Waals surface area contributed by atoms with E-state index in [9.17, 15) is 8.42 Å². The minimum Gasteiger partial charge on any atom is -0.315 e. The van der Waals surface area contributed by atoms with E-state index in [-0.39, 0.29) is 0 Å². The third-order valence-corrected chi connectivity index (χ3v) is 4.06. The second-order valence-corrected chi connectivity index (χ2v) is 5.55. The molecule has 1 rings (SSSR count). The maximum atomic E-state index is 11.6. The number of hydrogen-bond donors (Lipinski definition) is 1. The van der Waals surface area contributed by atoms with Crippen LogP contribution in [0.5, 0.6) is 0 Å². The Hall–Kier alpha value is -0.870. The lowest BCUT2D eigenvalue weighted by Gasteiger charge is -2.07. The summed E-state index contributed by atoms with van der Waals surface area (Å²) in [7, 11) is -3.32. The van der Waals surface area contributed by atoms with Crippen molar-refractivity contribution in [1.29, 1.82) is 0 Å². The van der Waals surface area contributed by atoms with Gasteiger partial charge in [-0.3, -0.25) is 0 Å². The first-order chi connectivity index (χ1) is 6.48. The van der Waals surface area contributed by atoms with Gasteiger partial charge in [-0.25, -0.2) is 8.42 Å². The molecule has 1 unspecified atom stereocenters. The van der Waals surface area contributed by atoms with E-state index < -0.39 is 15.2 Å². The molecule has 0 spiro atoms. The predicted octanol–water partition coefficient (Wildman–Crippen LogP) is 1.33. The maximum Gasteiger partial charge on any atom is 0.193 e. The molecule has 0 amide bonds. The zero-order valence-electron chi connectivity index (χ0n) is 8.40. The van der Waals surface area contributed by atoms with Crippen LogP contribution in [-0.4, -0.2) is 13.8 Å². The van der Waals surface area contributed by atoms with Crippen LogP contribution in [0.15, 0.2) is 29.2 Å². The monoisotopic (exact) mass is 213 g/mol. The molecule has 0 heterocycles.